The summed E-state index contributed by atoms with van der Waals surface area (Å²) in [5.74, 6) is 0.707. The third-order valence-electron chi connectivity index (χ3n) is 5.43. The van der Waals surface area contributed by atoms with E-state index in [1.165, 1.54) is 24.8 Å². The summed E-state index contributed by atoms with van der Waals surface area (Å²) in [4.78, 5) is 13.8. The summed E-state index contributed by atoms with van der Waals surface area (Å²) < 4.78 is 8.51. The zero-order valence-corrected chi connectivity index (χ0v) is 14.7. The lowest BCUT2D eigenvalue weighted by molar-refractivity contribution is -0.118. The highest BCUT2D eigenvalue weighted by Crippen LogP contribution is 2.36. The number of likely N-dealkylation sites (tertiary alicyclic amines) is 1. The van der Waals surface area contributed by atoms with Crippen molar-refractivity contribution < 1.29 is 9.21 Å². The number of nitrogens with two attached hydrogens (primary N) is 1. The van der Waals surface area contributed by atoms with Crippen molar-refractivity contribution >= 4 is 27.9 Å². The minimum absolute atomic E-state index is 0.124. The second-order valence-corrected chi connectivity index (χ2v) is 7.06. The SMILES string of the molecule is Cn1c2ccccc2c2oc(C(CCC(N)=O)N3CCCCC3)cc21. The lowest BCUT2D eigenvalue weighted by Gasteiger charge is -2.33. The second-order valence-electron chi connectivity index (χ2n) is 7.06. The summed E-state index contributed by atoms with van der Waals surface area (Å²) >= 11 is 0. The molecule has 3 heterocycles. The van der Waals surface area contributed by atoms with Crippen molar-refractivity contribution in [2.75, 3.05) is 13.1 Å². The van der Waals surface area contributed by atoms with Crippen molar-refractivity contribution in [2.45, 2.75) is 38.1 Å². The molecule has 1 amide bonds. The van der Waals surface area contributed by atoms with Gasteiger partial charge in [0.1, 0.15) is 5.76 Å². The fourth-order valence-corrected chi connectivity index (χ4v) is 4.11. The number of para-hydroxylation sites is 1. The second kappa shape index (κ2) is 6.56. The van der Waals surface area contributed by atoms with Gasteiger partial charge in [0.25, 0.3) is 0 Å². The number of fused-ring (bicyclic) bond motifs is 3. The van der Waals surface area contributed by atoms with Crippen LogP contribution in [-0.2, 0) is 11.8 Å². The maximum atomic E-state index is 11.3. The van der Waals surface area contributed by atoms with Crippen LogP contribution in [0.5, 0.6) is 0 Å². The number of rotatable bonds is 5. The van der Waals surface area contributed by atoms with E-state index in [4.69, 9.17) is 10.2 Å². The van der Waals surface area contributed by atoms with Crippen LogP contribution in [-0.4, -0.2) is 28.5 Å². The number of aromatic nitrogens is 1. The number of hydrogen-bond acceptors (Lipinski definition) is 3. The summed E-state index contributed by atoms with van der Waals surface area (Å²) in [6.07, 6.45) is 4.79. The summed E-state index contributed by atoms with van der Waals surface area (Å²) in [6, 6.07) is 10.6. The highest BCUT2D eigenvalue weighted by atomic mass is 16.3. The molecule has 1 aliphatic rings. The average molecular weight is 339 g/mol. The molecule has 5 heteroatoms. The number of furan rings is 1. The molecule has 5 nitrogen and oxygen atoms in total. The van der Waals surface area contributed by atoms with Crippen molar-refractivity contribution in [1.29, 1.82) is 0 Å². The molecule has 0 spiro atoms. The third kappa shape index (κ3) is 2.93. The van der Waals surface area contributed by atoms with Gasteiger partial charge >= 0.3 is 0 Å². The lowest BCUT2D eigenvalue weighted by atomic mass is 10.0. The number of hydrogen-bond donors (Lipinski definition) is 1. The summed E-state index contributed by atoms with van der Waals surface area (Å²) in [7, 11) is 2.07. The van der Waals surface area contributed by atoms with Gasteiger partial charge in [-0.25, -0.2) is 0 Å². The number of carbonyl (C=O) groups excluding carboxylic acids is 1. The Balaban J connectivity index is 1.75. The van der Waals surface area contributed by atoms with Crippen molar-refractivity contribution in [3.63, 3.8) is 0 Å². The van der Waals surface area contributed by atoms with Gasteiger partial charge in [0.15, 0.2) is 5.58 Å². The average Bonchev–Trinajstić information content (AvgIpc) is 3.16. The molecular formula is C20H25N3O2. The molecule has 1 aromatic carbocycles. The molecule has 1 unspecified atom stereocenters. The Bertz CT molecular complexity index is 902. The van der Waals surface area contributed by atoms with Crippen LogP contribution >= 0.6 is 0 Å². The molecule has 3 aromatic rings. The van der Waals surface area contributed by atoms with Gasteiger partial charge in [0, 0.05) is 24.9 Å². The van der Waals surface area contributed by atoms with Crippen LogP contribution in [0.1, 0.15) is 43.9 Å². The van der Waals surface area contributed by atoms with Crippen LogP contribution in [0.25, 0.3) is 22.0 Å². The Morgan fingerprint density at radius 1 is 1.20 bits per heavy atom. The fraction of sp³-hybridized carbons (Fsp3) is 0.450. The molecule has 132 valence electrons. The van der Waals surface area contributed by atoms with Gasteiger partial charge < -0.3 is 14.7 Å². The van der Waals surface area contributed by atoms with Gasteiger partial charge in [-0.2, -0.15) is 0 Å². The van der Waals surface area contributed by atoms with Crippen molar-refractivity contribution in [2.24, 2.45) is 12.8 Å². The summed E-state index contributed by atoms with van der Waals surface area (Å²) in [5.41, 5.74) is 8.63. The number of nitrogens with zero attached hydrogens (tertiary/aromatic N) is 2. The first-order chi connectivity index (χ1) is 12.1. The lowest BCUT2D eigenvalue weighted by Crippen LogP contribution is -2.34. The first-order valence-electron chi connectivity index (χ1n) is 9.14. The molecule has 0 aliphatic carbocycles. The number of amides is 1. The highest BCUT2D eigenvalue weighted by molar-refractivity contribution is 6.04. The molecule has 1 aliphatic heterocycles. The Morgan fingerprint density at radius 2 is 1.96 bits per heavy atom. The van der Waals surface area contributed by atoms with Crippen molar-refractivity contribution in [1.82, 2.24) is 9.47 Å². The van der Waals surface area contributed by atoms with Gasteiger partial charge in [-0.05, 0) is 44.5 Å². The molecule has 0 radical (unpaired) electrons. The van der Waals surface area contributed by atoms with E-state index in [1.54, 1.807) is 0 Å². The van der Waals surface area contributed by atoms with Crippen LogP contribution in [0.4, 0.5) is 0 Å². The van der Waals surface area contributed by atoms with E-state index in [0.717, 1.165) is 35.3 Å². The molecule has 0 saturated carbocycles. The molecule has 1 atom stereocenters. The molecule has 4 rings (SSSR count). The van der Waals surface area contributed by atoms with E-state index in [0.29, 0.717) is 12.8 Å². The standard InChI is InChI=1S/C20H25N3O2/c1-22-15-8-4-3-7-14(15)20-17(22)13-18(25-20)16(9-10-19(21)24)23-11-5-2-6-12-23/h3-4,7-8,13,16H,2,5-6,9-12H2,1H3,(H2,21,24). The zero-order valence-electron chi connectivity index (χ0n) is 14.7. The minimum atomic E-state index is -0.247. The third-order valence-corrected chi connectivity index (χ3v) is 5.43. The van der Waals surface area contributed by atoms with E-state index in [1.807, 2.05) is 12.1 Å². The topological polar surface area (TPSA) is 64.4 Å². The van der Waals surface area contributed by atoms with Crippen molar-refractivity contribution in [3.8, 4) is 0 Å². The number of benzene rings is 1. The maximum Gasteiger partial charge on any atom is 0.217 e. The molecule has 1 fully saturated rings. The Kier molecular flexibility index (Phi) is 4.25. The monoisotopic (exact) mass is 339 g/mol. The maximum absolute atomic E-state index is 11.3. The molecule has 25 heavy (non-hydrogen) atoms. The van der Waals surface area contributed by atoms with Crippen LogP contribution in [0, 0.1) is 0 Å². The number of primary amides is 1. The first kappa shape index (κ1) is 16.2. The van der Waals surface area contributed by atoms with E-state index in [9.17, 15) is 4.79 Å². The predicted molar refractivity (Wildman–Crippen MR) is 99.3 cm³/mol. The Morgan fingerprint density at radius 3 is 2.72 bits per heavy atom. The predicted octanol–water partition coefficient (Wildman–Crippen LogP) is 3.72. The number of aryl methyl sites for hydroxylation is 1. The smallest absolute Gasteiger partial charge is 0.217 e. The molecule has 0 bridgehead atoms. The number of piperidine rings is 1. The van der Waals surface area contributed by atoms with Crippen molar-refractivity contribution in [3.05, 3.63) is 36.1 Å². The van der Waals surface area contributed by atoms with Crippen LogP contribution in [0.3, 0.4) is 0 Å². The van der Waals surface area contributed by atoms with Crippen LogP contribution in [0.15, 0.2) is 34.7 Å². The molecular weight excluding hydrogens is 314 g/mol. The van der Waals surface area contributed by atoms with E-state index >= 15 is 0 Å². The Labute approximate surface area is 147 Å². The quantitative estimate of drug-likeness (QED) is 0.770. The molecule has 1 saturated heterocycles. The zero-order chi connectivity index (χ0) is 17.4. The summed E-state index contributed by atoms with van der Waals surface area (Å²) in [5, 5.41) is 1.14. The van der Waals surface area contributed by atoms with Crippen LogP contribution in [0.2, 0.25) is 0 Å². The highest BCUT2D eigenvalue weighted by Gasteiger charge is 2.27. The Hall–Kier alpha value is -2.27. The van der Waals surface area contributed by atoms with Gasteiger partial charge in [-0.1, -0.05) is 18.6 Å². The van der Waals surface area contributed by atoms with Gasteiger partial charge in [0.05, 0.1) is 17.1 Å². The van der Waals surface area contributed by atoms with Gasteiger partial charge in [-0.3, -0.25) is 9.69 Å². The van der Waals surface area contributed by atoms with Gasteiger partial charge in [0.2, 0.25) is 5.91 Å². The van der Waals surface area contributed by atoms with E-state index in [2.05, 4.69) is 34.7 Å². The minimum Gasteiger partial charge on any atom is -0.457 e. The molecule has 2 N–H and O–H groups in total. The largest absolute Gasteiger partial charge is 0.457 e. The first-order valence-corrected chi connectivity index (χ1v) is 9.14. The fourth-order valence-electron chi connectivity index (χ4n) is 4.11. The van der Waals surface area contributed by atoms with E-state index < -0.39 is 0 Å². The summed E-state index contributed by atoms with van der Waals surface area (Å²) in [6.45, 7) is 2.11. The van der Waals surface area contributed by atoms with Crippen LogP contribution < -0.4 is 5.73 Å². The number of carbonyl (C=O) groups is 1. The normalized spacial score (nSPS) is 17.3. The molecule has 2 aromatic heterocycles. The van der Waals surface area contributed by atoms with Gasteiger partial charge in [-0.15, -0.1) is 0 Å². The van der Waals surface area contributed by atoms with E-state index in [-0.39, 0.29) is 11.9 Å².